The SMILES string of the molecule is CCNC(=O)NC(=O)[C@H](Oc1ccc(C)cc1)c1ccccc1. The monoisotopic (exact) mass is 312 g/mol. The van der Waals surface area contributed by atoms with Gasteiger partial charge in [0.25, 0.3) is 5.91 Å². The molecular formula is C18H20N2O3. The minimum Gasteiger partial charge on any atom is -0.476 e. The molecule has 5 nitrogen and oxygen atoms in total. The molecule has 0 aliphatic rings. The molecule has 2 aromatic rings. The predicted molar refractivity (Wildman–Crippen MR) is 88.2 cm³/mol. The molecule has 0 heterocycles. The number of imide groups is 1. The number of aryl methyl sites for hydroxylation is 1. The molecule has 2 N–H and O–H groups in total. The van der Waals surface area contributed by atoms with E-state index in [0.717, 1.165) is 5.56 Å². The lowest BCUT2D eigenvalue weighted by Gasteiger charge is -2.19. The number of carbonyl (C=O) groups is 2. The molecule has 0 spiro atoms. The van der Waals surface area contributed by atoms with Gasteiger partial charge in [0.05, 0.1) is 0 Å². The summed E-state index contributed by atoms with van der Waals surface area (Å²) in [5.41, 5.74) is 1.77. The summed E-state index contributed by atoms with van der Waals surface area (Å²) < 4.78 is 5.80. The molecule has 23 heavy (non-hydrogen) atoms. The van der Waals surface area contributed by atoms with Crippen LogP contribution < -0.4 is 15.4 Å². The van der Waals surface area contributed by atoms with E-state index in [2.05, 4.69) is 10.6 Å². The molecule has 3 amide bonds. The number of hydrogen-bond acceptors (Lipinski definition) is 3. The number of ether oxygens (including phenoxy) is 1. The highest BCUT2D eigenvalue weighted by Crippen LogP contribution is 2.22. The first-order valence-electron chi connectivity index (χ1n) is 7.47. The molecular weight excluding hydrogens is 292 g/mol. The maximum Gasteiger partial charge on any atom is 0.321 e. The van der Waals surface area contributed by atoms with Gasteiger partial charge in [-0.2, -0.15) is 0 Å². The van der Waals surface area contributed by atoms with Crippen LogP contribution in [-0.2, 0) is 4.79 Å². The van der Waals surface area contributed by atoms with Gasteiger partial charge in [-0.25, -0.2) is 4.79 Å². The van der Waals surface area contributed by atoms with Crippen molar-refractivity contribution in [3.63, 3.8) is 0 Å². The van der Waals surface area contributed by atoms with Crippen molar-refractivity contribution in [2.24, 2.45) is 0 Å². The van der Waals surface area contributed by atoms with Crippen LogP contribution in [0.5, 0.6) is 5.75 Å². The van der Waals surface area contributed by atoms with Crippen LogP contribution in [0.1, 0.15) is 24.2 Å². The maximum atomic E-state index is 12.4. The van der Waals surface area contributed by atoms with Crippen LogP contribution in [0.15, 0.2) is 54.6 Å². The van der Waals surface area contributed by atoms with Gasteiger partial charge in [0.2, 0.25) is 6.10 Å². The summed E-state index contributed by atoms with van der Waals surface area (Å²) in [7, 11) is 0. The normalized spacial score (nSPS) is 11.4. The van der Waals surface area contributed by atoms with Crippen LogP contribution in [0, 0.1) is 6.92 Å². The Balaban J connectivity index is 2.20. The molecule has 120 valence electrons. The number of amides is 3. The van der Waals surface area contributed by atoms with Crippen molar-refractivity contribution in [3.05, 3.63) is 65.7 Å². The van der Waals surface area contributed by atoms with Gasteiger partial charge in [0, 0.05) is 12.1 Å². The molecule has 2 aromatic carbocycles. The molecule has 0 unspecified atom stereocenters. The minimum atomic E-state index is -0.901. The lowest BCUT2D eigenvalue weighted by molar-refractivity contribution is -0.127. The van der Waals surface area contributed by atoms with E-state index < -0.39 is 18.0 Å². The van der Waals surface area contributed by atoms with Gasteiger partial charge in [0.1, 0.15) is 5.75 Å². The highest BCUT2D eigenvalue weighted by molar-refractivity contribution is 5.97. The van der Waals surface area contributed by atoms with Gasteiger partial charge < -0.3 is 10.1 Å². The predicted octanol–water partition coefficient (Wildman–Crippen LogP) is 2.96. The van der Waals surface area contributed by atoms with Crippen molar-refractivity contribution in [2.75, 3.05) is 6.54 Å². The van der Waals surface area contributed by atoms with Crippen molar-refractivity contribution in [1.29, 1.82) is 0 Å². The number of nitrogens with one attached hydrogen (secondary N) is 2. The third-order valence-electron chi connectivity index (χ3n) is 3.19. The molecule has 0 bridgehead atoms. The summed E-state index contributed by atoms with van der Waals surface area (Å²) in [6.45, 7) is 4.19. The van der Waals surface area contributed by atoms with Crippen molar-refractivity contribution in [2.45, 2.75) is 20.0 Å². The average Bonchev–Trinajstić information content (AvgIpc) is 2.55. The van der Waals surface area contributed by atoms with E-state index in [9.17, 15) is 9.59 Å². The Labute approximate surface area is 135 Å². The third-order valence-corrected chi connectivity index (χ3v) is 3.19. The average molecular weight is 312 g/mol. The quantitative estimate of drug-likeness (QED) is 0.892. The molecule has 0 aromatic heterocycles. The summed E-state index contributed by atoms with van der Waals surface area (Å²) in [6, 6.07) is 15.9. The summed E-state index contributed by atoms with van der Waals surface area (Å²) in [4.78, 5) is 24.0. The van der Waals surface area contributed by atoms with Crippen LogP contribution >= 0.6 is 0 Å². The summed E-state index contributed by atoms with van der Waals surface area (Å²) in [5, 5.41) is 4.82. The second-order valence-corrected chi connectivity index (χ2v) is 5.07. The molecule has 0 radical (unpaired) electrons. The zero-order valence-corrected chi connectivity index (χ0v) is 13.2. The lowest BCUT2D eigenvalue weighted by atomic mass is 10.1. The smallest absolute Gasteiger partial charge is 0.321 e. The Morgan fingerprint density at radius 3 is 2.30 bits per heavy atom. The van der Waals surface area contributed by atoms with Gasteiger partial charge in [-0.3, -0.25) is 10.1 Å². The molecule has 0 saturated heterocycles. The van der Waals surface area contributed by atoms with Crippen molar-refractivity contribution >= 4 is 11.9 Å². The topological polar surface area (TPSA) is 67.4 Å². The number of rotatable bonds is 5. The second kappa shape index (κ2) is 7.98. The fourth-order valence-corrected chi connectivity index (χ4v) is 2.04. The first-order chi connectivity index (χ1) is 11.1. The fraction of sp³-hybridized carbons (Fsp3) is 0.222. The molecule has 0 aliphatic carbocycles. The van der Waals surface area contributed by atoms with Crippen LogP contribution in [-0.4, -0.2) is 18.5 Å². The summed E-state index contributed by atoms with van der Waals surface area (Å²) >= 11 is 0. The van der Waals surface area contributed by atoms with E-state index in [0.29, 0.717) is 17.9 Å². The van der Waals surface area contributed by atoms with E-state index in [1.807, 2.05) is 37.3 Å². The van der Waals surface area contributed by atoms with E-state index in [4.69, 9.17) is 4.74 Å². The molecule has 0 fully saturated rings. The Morgan fingerprint density at radius 1 is 1.04 bits per heavy atom. The highest BCUT2D eigenvalue weighted by atomic mass is 16.5. The van der Waals surface area contributed by atoms with Crippen LogP contribution in [0.2, 0.25) is 0 Å². The lowest BCUT2D eigenvalue weighted by Crippen LogP contribution is -2.42. The summed E-state index contributed by atoms with van der Waals surface area (Å²) in [6.07, 6.45) is -0.901. The van der Waals surface area contributed by atoms with Gasteiger partial charge in [-0.1, -0.05) is 48.0 Å². The Hall–Kier alpha value is -2.82. The highest BCUT2D eigenvalue weighted by Gasteiger charge is 2.24. The van der Waals surface area contributed by atoms with E-state index >= 15 is 0 Å². The molecule has 5 heteroatoms. The van der Waals surface area contributed by atoms with Gasteiger partial charge in [-0.15, -0.1) is 0 Å². The summed E-state index contributed by atoms with van der Waals surface area (Å²) in [5.74, 6) is 0.0539. The largest absolute Gasteiger partial charge is 0.476 e. The van der Waals surface area contributed by atoms with E-state index in [-0.39, 0.29) is 0 Å². The number of hydrogen-bond donors (Lipinski definition) is 2. The zero-order valence-electron chi connectivity index (χ0n) is 13.2. The fourth-order valence-electron chi connectivity index (χ4n) is 2.04. The molecule has 2 rings (SSSR count). The molecule has 0 saturated carbocycles. The molecule has 1 atom stereocenters. The minimum absolute atomic E-state index is 0.438. The maximum absolute atomic E-state index is 12.4. The Kier molecular flexibility index (Phi) is 5.74. The van der Waals surface area contributed by atoms with Crippen molar-refractivity contribution in [1.82, 2.24) is 10.6 Å². The third kappa shape index (κ3) is 4.85. The Morgan fingerprint density at radius 2 is 1.70 bits per heavy atom. The van der Waals surface area contributed by atoms with Crippen molar-refractivity contribution in [3.8, 4) is 5.75 Å². The second-order valence-electron chi connectivity index (χ2n) is 5.07. The van der Waals surface area contributed by atoms with Crippen molar-refractivity contribution < 1.29 is 14.3 Å². The first kappa shape index (κ1) is 16.5. The van der Waals surface area contributed by atoms with Crippen LogP contribution in [0.3, 0.4) is 0 Å². The Bertz CT molecular complexity index is 654. The first-order valence-corrected chi connectivity index (χ1v) is 7.47. The number of benzene rings is 2. The van der Waals surface area contributed by atoms with E-state index in [1.165, 1.54) is 0 Å². The van der Waals surface area contributed by atoms with Gasteiger partial charge >= 0.3 is 6.03 Å². The molecule has 0 aliphatic heterocycles. The van der Waals surface area contributed by atoms with Gasteiger partial charge in [-0.05, 0) is 26.0 Å². The van der Waals surface area contributed by atoms with Crippen LogP contribution in [0.4, 0.5) is 4.79 Å². The van der Waals surface area contributed by atoms with Gasteiger partial charge in [0.15, 0.2) is 0 Å². The zero-order chi connectivity index (χ0) is 16.7. The number of urea groups is 1. The standard InChI is InChI=1S/C18H20N2O3/c1-3-19-18(22)20-17(21)16(14-7-5-4-6-8-14)23-15-11-9-13(2)10-12-15/h4-12,16H,3H2,1-2H3,(H2,19,20,21,22)/t16-/m1/s1. The van der Waals surface area contributed by atoms with E-state index in [1.54, 1.807) is 31.2 Å². The number of carbonyl (C=O) groups excluding carboxylic acids is 2. The van der Waals surface area contributed by atoms with Crippen LogP contribution in [0.25, 0.3) is 0 Å².